The maximum absolute atomic E-state index is 14.0. The van der Waals surface area contributed by atoms with Crippen molar-refractivity contribution in [2.45, 2.75) is 52.6 Å². The third-order valence-corrected chi connectivity index (χ3v) is 8.27. The van der Waals surface area contributed by atoms with Crippen LogP contribution in [0.1, 0.15) is 45.5 Å². The Bertz CT molecular complexity index is 1370. The van der Waals surface area contributed by atoms with Crippen LogP contribution in [0.15, 0.2) is 48.7 Å². The standard InChI is InChI=1S/C31H39N7O2/c1-20-7-9-25(10-8-20)38-17-16-37(19-26(38)30(32)39)31(40)28-21(2)18-22(3)29(23(28)4)34-24-11-14-36(15-12-24)27-6-5-13-33-35-27/h5-10,13,18,24,26,34H,11-12,14-17,19H2,1-4H3,(H2,32,39). The van der Waals surface area contributed by atoms with E-state index in [2.05, 4.69) is 33.4 Å². The summed E-state index contributed by atoms with van der Waals surface area (Å²) >= 11 is 0. The molecule has 5 rings (SSSR count). The first-order valence-corrected chi connectivity index (χ1v) is 14.0. The van der Waals surface area contributed by atoms with Gasteiger partial charge < -0.3 is 25.8 Å². The molecule has 2 amide bonds. The van der Waals surface area contributed by atoms with Crippen LogP contribution in [0.2, 0.25) is 0 Å². The van der Waals surface area contributed by atoms with E-state index < -0.39 is 11.9 Å². The average molecular weight is 542 g/mol. The Balaban J connectivity index is 1.31. The Morgan fingerprint density at radius 1 is 0.950 bits per heavy atom. The van der Waals surface area contributed by atoms with Gasteiger partial charge in [-0.2, -0.15) is 5.10 Å². The van der Waals surface area contributed by atoms with Crippen molar-refractivity contribution in [1.29, 1.82) is 0 Å². The summed E-state index contributed by atoms with van der Waals surface area (Å²) in [7, 11) is 0. The Morgan fingerprint density at radius 2 is 1.68 bits per heavy atom. The highest BCUT2D eigenvalue weighted by molar-refractivity contribution is 5.99. The lowest BCUT2D eigenvalue weighted by Crippen LogP contribution is -2.59. The monoisotopic (exact) mass is 541 g/mol. The Labute approximate surface area is 236 Å². The van der Waals surface area contributed by atoms with Gasteiger partial charge in [-0.25, -0.2) is 0 Å². The van der Waals surface area contributed by atoms with E-state index >= 15 is 0 Å². The van der Waals surface area contributed by atoms with Crippen molar-refractivity contribution in [2.24, 2.45) is 5.73 Å². The molecule has 2 aliphatic rings. The molecule has 9 heteroatoms. The van der Waals surface area contributed by atoms with Crippen molar-refractivity contribution in [3.05, 3.63) is 76.5 Å². The first kappa shape index (κ1) is 27.4. The van der Waals surface area contributed by atoms with Gasteiger partial charge in [0.1, 0.15) is 6.04 Å². The third-order valence-electron chi connectivity index (χ3n) is 8.27. The Hall–Kier alpha value is -4.14. The molecule has 2 aliphatic heterocycles. The molecule has 0 bridgehead atoms. The number of nitrogens with zero attached hydrogens (tertiary/aromatic N) is 5. The van der Waals surface area contributed by atoms with Crippen LogP contribution in [0.5, 0.6) is 0 Å². The molecule has 40 heavy (non-hydrogen) atoms. The summed E-state index contributed by atoms with van der Waals surface area (Å²) in [6.07, 6.45) is 3.62. The van der Waals surface area contributed by atoms with Crippen LogP contribution in [0.4, 0.5) is 17.2 Å². The van der Waals surface area contributed by atoms with E-state index in [1.165, 1.54) is 0 Å². The van der Waals surface area contributed by atoms with Crippen LogP contribution < -0.4 is 20.9 Å². The summed E-state index contributed by atoms with van der Waals surface area (Å²) in [4.78, 5) is 32.5. The number of carbonyl (C=O) groups is 2. The molecule has 210 valence electrons. The van der Waals surface area contributed by atoms with Gasteiger partial charge in [-0.1, -0.05) is 23.8 Å². The van der Waals surface area contributed by atoms with Crippen LogP contribution in [0, 0.1) is 27.7 Å². The number of amides is 2. The van der Waals surface area contributed by atoms with E-state index in [1.807, 2.05) is 62.1 Å². The molecule has 1 atom stereocenters. The third kappa shape index (κ3) is 5.59. The van der Waals surface area contributed by atoms with Gasteiger partial charge in [0, 0.05) is 55.4 Å². The van der Waals surface area contributed by atoms with Gasteiger partial charge in [0.05, 0.1) is 6.54 Å². The molecule has 0 spiro atoms. The summed E-state index contributed by atoms with van der Waals surface area (Å²) in [5.74, 6) is 0.434. The van der Waals surface area contributed by atoms with Crippen molar-refractivity contribution < 1.29 is 9.59 Å². The quantitative estimate of drug-likeness (QED) is 0.491. The number of anilines is 3. The molecule has 9 nitrogen and oxygen atoms in total. The van der Waals surface area contributed by atoms with Gasteiger partial charge in [-0.15, -0.1) is 5.10 Å². The fraction of sp³-hybridized carbons (Fsp3) is 0.419. The van der Waals surface area contributed by atoms with Gasteiger partial charge in [0.15, 0.2) is 5.82 Å². The van der Waals surface area contributed by atoms with Crippen LogP contribution in [0.25, 0.3) is 0 Å². The van der Waals surface area contributed by atoms with E-state index in [1.54, 1.807) is 11.1 Å². The van der Waals surface area contributed by atoms with Crippen LogP contribution in [0.3, 0.4) is 0 Å². The predicted octanol–water partition coefficient (Wildman–Crippen LogP) is 3.61. The van der Waals surface area contributed by atoms with Crippen LogP contribution >= 0.6 is 0 Å². The zero-order valence-corrected chi connectivity index (χ0v) is 23.9. The molecule has 3 heterocycles. The second-order valence-electron chi connectivity index (χ2n) is 11.1. The maximum Gasteiger partial charge on any atom is 0.254 e. The summed E-state index contributed by atoms with van der Waals surface area (Å²) in [5.41, 5.74) is 12.7. The number of nitrogens with two attached hydrogens (primary N) is 1. The topological polar surface area (TPSA) is 108 Å². The number of piperazine rings is 1. The van der Waals surface area contributed by atoms with E-state index in [4.69, 9.17) is 5.73 Å². The minimum atomic E-state index is -0.580. The van der Waals surface area contributed by atoms with Crippen molar-refractivity contribution in [3.8, 4) is 0 Å². The Morgan fingerprint density at radius 3 is 2.33 bits per heavy atom. The highest BCUT2D eigenvalue weighted by atomic mass is 16.2. The molecule has 3 N–H and O–H groups in total. The van der Waals surface area contributed by atoms with Crippen molar-refractivity contribution in [1.82, 2.24) is 15.1 Å². The number of rotatable bonds is 6. The van der Waals surface area contributed by atoms with Crippen molar-refractivity contribution in [3.63, 3.8) is 0 Å². The molecule has 0 radical (unpaired) electrons. The maximum atomic E-state index is 14.0. The lowest BCUT2D eigenvalue weighted by molar-refractivity contribution is -0.119. The fourth-order valence-electron chi connectivity index (χ4n) is 6.07. The van der Waals surface area contributed by atoms with Crippen LogP contribution in [-0.2, 0) is 4.79 Å². The molecule has 2 saturated heterocycles. The van der Waals surface area contributed by atoms with Gasteiger partial charge in [-0.05, 0) is 81.5 Å². The Kier molecular flexibility index (Phi) is 7.91. The molecular formula is C31H39N7O2. The number of piperidine rings is 1. The number of aryl methyl sites for hydroxylation is 3. The number of hydrogen-bond donors (Lipinski definition) is 2. The molecule has 1 aromatic heterocycles. The number of benzene rings is 2. The zero-order chi connectivity index (χ0) is 28.4. The molecule has 2 aromatic carbocycles. The predicted molar refractivity (Wildman–Crippen MR) is 159 cm³/mol. The van der Waals surface area contributed by atoms with E-state index in [9.17, 15) is 9.59 Å². The fourth-order valence-corrected chi connectivity index (χ4v) is 6.07. The molecule has 0 aliphatic carbocycles. The first-order valence-electron chi connectivity index (χ1n) is 14.0. The molecule has 2 fully saturated rings. The van der Waals surface area contributed by atoms with Gasteiger partial charge in [-0.3, -0.25) is 9.59 Å². The second-order valence-corrected chi connectivity index (χ2v) is 11.1. The van der Waals surface area contributed by atoms with Gasteiger partial charge >= 0.3 is 0 Å². The number of carbonyl (C=O) groups excluding carboxylic acids is 2. The normalized spacial score (nSPS) is 18.1. The molecule has 3 aromatic rings. The summed E-state index contributed by atoms with van der Waals surface area (Å²) in [6, 6.07) is 13.8. The van der Waals surface area contributed by atoms with Gasteiger partial charge in [0.25, 0.3) is 5.91 Å². The second kappa shape index (κ2) is 11.5. The highest BCUT2D eigenvalue weighted by Gasteiger charge is 2.35. The van der Waals surface area contributed by atoms with Crippen molar-refractivity contribution >= 4 is 29.0 Å². The lowest BCUT2D eigenvalue weighted by atomic mass is 9.94. The smallest absolute Gasteiger partial charge is 0.254 e. The minimum Gasteiger partial charge on any atom is -0.382 e. The number of nitrogens with one attached hydrogen (secondary N) is 1. The van der Waals surface area contributed by atoms with Gasteiger partial charge in [0.2, 0.25) is 5.91 Å². The lowest BCUT2D eigenvalue weighted by Gasteiger charge is -2.41. The van der Waals surface area contributed by atoms with Crippen molar-refractivity contribution in [2.75, 3.05) is 47.8 Å². The zero-order valence-electron chi connectivity index (χ0n) is 23.9. The van der Waals surface area contributed by atoms with E-state index in [0.29, 0.717) is 24.7 Å². The highest BCUT2D eigenvalue weighted by Crippen LogP contribution is 2.31. The van der Waals surface area contributed by atoms with E-state index in [0.717, 1.165) is 65.4 Å². The number of hydrogen-bond acceptors (Lipinski definition) is 7. The summed E-state index contributed by atoms with van der Waals surface area (Å²) in [5, 5.41) is 12.0. The molecular weight excluding hydrogens is 502 g/mol. The minimum absolute atomic E-state index is 0.0506. The first-order chi connectivity index (χ1) is 19.2. The van der Waals surface area contributed by atoms with E-state index in [-0.39, 0.29) is 12.5 Å². The number of aromatic nitrogens is 2. The van der Waals surface area contributed by atoms with Crippen LogP contribution in [-0.4, -0.2) is 71.7 Å². The SMILES string of the molecule is Cc1ccc(N2CCN(C(=O)c3c(C)cc(C)c(NC4CCN(c5cccnn5)CC4)c3C)CC2C(N)=O)cc1. The summed E-state index contributed by atoms with van der Waals surface area (Å²) in [6.45, 7) is 11.3. The largest absolute Gasteiger partial charge is 0.382 e. The number of primary amides is 1. The average Bonchev–Trinajstić information content (AvgIpc) is 2.96. The summed E-state index contributed by atoms with van der Waals surface area (Å²) < 4.78 is 0. The molecule has 0 saturated carbocycles. The molecule has 1 unspecified atom stereocenters.